The second kappa shape index (κ2) is 15.1. The molecule has 4 rings (SSSR count). The highest BCUT2D eigenvalue weighted by molar-refractivity contribution is 5.98. The summed E-state index contributed by atoms with van der Waals surface area (Å²) in [5, 5.41) is 20.4. The number of carboxylic acids is 1. The molecule has 12 heteroatoms. The van der Waals surface area contributed by atoms with Gasteiger partial charge in [-0.2, -0.15) is 4.73 Å². The van der Waals surface area contributed by atoms with Crippen molar-refractivity contribution in [2.45, 2.75) is 102 Å². The van der Waals surface area contributed by atoms with E-state index in [2.05, 4.69) is 16.0 Å². The van der Waals surface area contributed by atoms with E-state index in [0.29, 0.717) is 38.6 Å². The molecule has 2 saturated heterocycles. The first-order valence-corrected chi connectivity index (χ1v) is 15.7. The summed E-state index contributed by atoms with van der Waals surface area (Å²) in [5.74, 6) is -3.04. The number of carboxylic acid groups (broad SMARTS) is 1. The molecule has 0 bridgehead atoms. The van der Waals surface area contributed by atoms with E-state index in [-0.39, 0.29) is 31.1 Å². The number of piperidine rings is 1. The van der Waals surface area contributed by atoms with Crippen molar-refractivity contribution in [1.82, 2.24) is 25.6 Å². The molecule has 3 heterocycles. The lowest BCUT2D eigenvalue weighted by atomic mass is 9.93. The van der Waals surface area contributed by atoms with Crippen LogP contribution in [0.1, 0.15) is 77.2 Å². The number of aliphatic carboxylic acids is 1. The molecule has 1 aromatic heterocycles. The molecule has 0 radical (unpaired) electrons. The number of carbonyl (C=O) groups is 5. The SMILES string of the molecule is CCC(C)[C@@H]1NC(=O)[C@H](Cc2cn(OC)c3ccccc23)NC(=O)[C@H](CCCCCC(=O)[O-])NC(=O)[C@H]2CCCCN2C1=O. The highest BCUT2D eigenvalue weighted by atomic mass is 16.6. The van der Waals surface area contributed by atoms with Crippen LogP contribution in [0.2, 0.25) is 0 Å². The normalized spacial score (nSPS) is 23.9. The van der Waals surface area contributed by atoms with Gasteiger partial charge in [0.05, 0.1) is 5.52 Å². The monoisotopic (exact) mass is 610 g/mol. The maximum Gasteiger partial charge on any atom is 0.246 e. The molecule has 4 amide bonds. The average molecular weight is 611 g/mol. The Labute approximate surface area is 257 Å². The van der Waals surface area contributed by atoms with Crippen LogP contribution in [0, 0.1) is 5.92 Å². The van der Waals surface area contributed by atoms with Crippen LogP contribution in [0.15, 0.2) is 30.5 Å². The van der Waals surface area contributed by atoms with Gasteiger partial charge in [0.15, 0.2) is 0 Å². The van der Waals surface area contributed by atoms with E-state index in [1.54, 1.807) is 15.8 Å². The van der Waals surface area contributed by atoms with Crippen LogP contribution in [0.3, 0.4) is 0 Å². The van der Waals surface area contributed by atoms with E-state index < -0.39 is 47.9 Å². The quantitative estimate of drug-likeness (QED) is 0.318. The molecule has 2 fully saturated rings. The third-order valence-corrected chi connectivity index (χ3v) is 8.89. The average Bonchev–Trinajstić information content (AvgIpc) is 3.38. The summed E-state index contributed by atoms with van der Waals surface area (Å²) in [6, 6.07) is 3.93. The highest BCUT2D eigenvalue weighted by Crippen LogP contribution is 2.24. The van der Waals surface area contributed by atoms with Crippen molar-refractivity contribution in [3.63, 3.8) is 0 Å². The van der Waals surface area contributed by atoms with E-state index in [1.807, 2.05) is 38.1 Å². The smallest absolute Gasteiger partial charge is 0.246 e. The van der Waals surface area contributed by atoms with Crippen molar-refractivity contribution in [3.05, 3.63) is 36.0 Å². The standard InChI is InChI=1S/C32H45N5O7/c1-4-20(2)28-32(43)36-17-11-10-15-26(36)31(42)33-23(13-6-5-7-16-27(38)39)29(40)34-24(30(41)35-28)18-21-19-37(44-3)25-14-9-8-12-22(21)25/h8-9,12,14,19-20,23-24,26,28H,4-7,10-11,13,15-18H2,1-3H3,(H,33,42)(H,34,40)(H,35,41)(H,38,39)/p-1/t20?,23-,24-,26+,28-/m0/s1. The number of para-hydroxylation sites is 1. The van der Waals surface area contributed by atoms with Crippen LogP contribution >= 0.6 is 0 Å². The number of carbonyl (C=O) groups excluding carboxylic acids is 5. The van der Waals surface area contributed by atoms with Crippen molar-refractivity contribution in [2.75, 3.05) is 13.7 Å². The minimum Gasteiger partial charge on any atom is -0.550 e. The van der Waals surface area contributed by atoms with Crippen LogP contribution in [0.4, 0.5) is 0 Å². The molecule has 1 unspecified atom stereocenters. The number of aromatic nitrogens is 1. The van der Waals surface area contributed by atoms with Gasteiger partial charge in [0.25, 0.3) is 0 Å². The second-order valence-electron chi connectivity index (χ2n) is 11.9. The van der Waals surface area contributed by atoms with Gasteiger partial charge in [0, 0.05) is 30.5 Å². The maximum atomic E-state index is 14.0. The summed E-state index contributed by atoms with van der Waals surface area (Å²) in [5.41, 5.74) is 1.57. The molecule has 1 aromatic carbocycles. The lowest BCUT2D eigenvalue weighted by Gasteiger charge is -2.39. The molecule has 44 heavy (non-hydrogen) atoms. The van der Waals surface area contributed by atoms with E-state index in [1.165, 1.54) is 7.11 Å². The molecule has 240 valence electrons. The van der Waals surface area contributed by atoms with Crippen molar-refractivity contribution in [3.8, 4) is 0 Å². The van der Waals surface area contributed by atoms with Crippen molar-refractivity contribution < 1.29 is 33.9 Å². The number of fused-ring (bicyclic) bond motifs is 2. The Morgan fingerprint density at radius 3 is 2.45 bits per heavy atom. The molecular formula is C32H44N5O7-. The largest absolute Gasteiger partial charge is 0.550 e. The van der Waals surface area contributed by atoms with Crippen LogP contribution in [-0.4, -0.2) is 77.1 Å². The summed E-state index contributed by atoms with van der Waals surface area (Å²) in [7, 11) is 1.54. The number of amides is 4. The molecule has 0 spiro atoms. The van der Waals surface area contributed by atoms with Gasteiger partial charge in [-0.05, 0) is 56.1 Å². The predicted molar refractivity (Wildman–Crippen MR) is 161 cm³/mol. The Bertz CT molecular complexity index is 1360. The first-order chi connectivity index (χ1) is 21.1. The van der Waals surface area contributed by atoms with Crippen molar-refractivity contribution >= 4 is 40.5 Å². The van der Waals surface area contributed by atoms with Gasteiger partial charge in [0.2, 0.25) is 23.6 Å². The van der Waals surface area contributed by atoms with Gasteiger partial charge in [-0.1, -0.05) is 51.3 Å². The van der Waals surface area contributed by atoms with Gasteiger partial charge < -0.3 is 35.6 Å². The van der Waals surface area contributed by atoms with Gasteiger partial charge in [-0.25, -0.2) is 0 Å². The van der Waals surface area contributed by atoms with E-state index in [4.69, 9.17) is 4.84 Å². The molecule has 2 aromatic rings. The van der Waals surface area contributed by atoms with E-state index >= 15 is 0 Å². The number of hydrogen-bond donors (Lipinski definition) is 3. The molecule has 3 N–H and O–H groups in total. The van der Waals surface area contributed by atoms with E-state index in [0.717, 1.165) is 29.3 Å². The summed E-state index contributed by atoms with van der Waals surface area (Å²) >= 11 is 0. The zero-order valence-corrected chi connectivity index (χ0v) is 25.8. The maximum absolute atomic E-state index is 14.0. The van der Waals surface area contributed by atoms with Gasteiger partial charge in [-0.15, -0.1) is 0 Å². The summed E-state index contributed by atoms with van der Waals surface area (Å²) < 4.78 is 1.59. The minimum absolute atomic E-state index is 0.0863. The molecule has 0 saturated carbocycles. The molecular weight excluding hydrogens is 566 g/mol. The van der Waals surface area contributed by atoms with Crippen LogP contribution < -0.4 is 25.9 Å². The van der Waals surface area contributed by atoms with Gasteiger partial charge in [-0.3, -0.25) is 19.2 Å². The Balaban J connectivity index is 1.68. The number of nitrogens with one attached hydrogen (secondary N) is 3. The zero-order chi connectivity index (χ0) is 31.8. The Hall–Kier alpha value is -4.09. The van der Waals surface area contributed by atoms with Crippen LogP contribution in [-0.2, 0) is 30.4 Å². The molecule has 2 aliphatic rings. The summed E-state index contributed by atoms with van der Waals surface area (Å²) in [6.07, 6.45) is 6.04. The number of hydrogen-bond acceptors (Lipinski definition) is 7. The molecule has 5 atom stereocenters. The summed E-state index contributed by atoms with van der Waals surface area (Å²) in [6.45, 7) is 4.22. The van der Waals surface area contributed by atoms with Crippen molar-refractivity contribution in [2.24, 2.45) is 5.92 Å². The number of benzene rings is 1. The van der Waals surface area contributed by atoms with Crippen LogP contribution in [0.25, 0.3) is 10.9 Å². The Morgan fingerprint density at radius 1 is 1.00 bits per heavy atom. The fraction of sp³-hybridized carbons (Fsp3) is 0.594. The molecule has 2 aliphatic heterocycles. The first kappa shape index (κ1) is 32.8. The third-order valence-electron chi connectivity index (χ3n) is 8.89. The number of unbranched alkanes of at least 4 members (excludes halogenated alkanes) is 2. The molecule has 0 aliphatic carbocycles. The fourth-order valence-electron chi connectivity index (χ4n) is 6.15. The fourth-order valence-corrected chi connectivity index (χ4v) is 6.15. The number of nitrogens with zero attached hydrogens (tertiary/aromatic N) is 2. The Morgan fingerprint density at radius 2 is 1.73 bits per heavy atom. The number of rotatable bonds is 11. The predicted octanol–water partition coefficient (Wildman–Crippen LogP) is 0.838. The molecule has 12 nitrogen and oxygen atoms in total. The second-order valence-corrected chi connectivity index (χ2v) is 11.9. The van der Waals surface area contributed by atoms with E-state index in [9.17, 15) is 29.1 Å². The van der Waals surface area contributed by atoms with Gasteiger partial charge in [0.1, 0.15) is 31.3 Å². The van der Waals surface area contributed by atoms with Crippen LogP contribution in [0.5, 0.6) is 0 Å². The van der Waals surface area contributed by atoms with Gasteiger partial charge >= 0.3 is 0 Å². The topological polar surface area (TPSA) is 162 Å². The lowest BCUT2D eigenvalue weighted by molar-refractivity contribution is -0.305. The summed E-state index contributed by atoms with van der Waals surface area (Å²) in [4.78, 5) is 73.3. The lowest BCUT2D eigenvalue weighted by Crippen LogP contribution is -2.64. The van der Waals surface area contributed by atoms with Crippen molar-refractivity contribution in [1.29, 1.82) is 0 Å². The Kier molecular flexibility index (Phi) is 11.2. The third kappa shape index (κ3) is 7.70. The minimum atomic E-state index is -1.14. The highest BCUT2D eigenvalue weighted by Gasteiger charge is 2.40. The zero-order valence-electron chi connectivity index (χ0n) is 25.8. The first-order valence-electron chi connectivity index (χ1n) is 15.7.